The van der Waals surface area contributed by atoms with Crippen LogP contribution in [0.3, 0.4) is 0 Å². The van der Waals surface area contributed by atoms with Crippen LogP contribution in [0.4, 0.5) is 0 Å². The molecule has 0 spiro atoms. The number of nitrogens with one attached hydrogen (secondary N) is 1. The van der Waals surface area contributed by atoms with E-state index in [2.05, 4.69) is 10.3 Å². The van der Waals surface area contributed by atoms with Crippen LogP contribution in [-0.4, -0.2) is 64.8 Å². The molecule has 1 saturated heterocycles. The SMILES string of the molecule is O=S=C(C(=O)NC1C(=O)N2C(C(=O)O)=C(CSc3cncs3)CS[C@H]12)c1cccs1. The number of aromatic nitrogens is 1. The highest BCUT2D eigenvalue weighted by Gasteiger charge is 2.54. The fourth-order valence-corrected chi connectivity index (χ4v) is 7.32. The number of thioether (sulfide) groups is 2. The number of carbonyl (C=O) groups excluding carboxylic acids is 2. The maximum absolute atomic E-state index is 12.7. The summed E-state index contributed by atoms with van der Waals surface area (Å²) >= 11 is 5.68. The van der Waals surface area contributed by atoms with Gasteiger partial charge in [0.15, 0.2) is 0 Å². The molecule has 2 aromatic rings. The Morgan fingerprint density at radius 1 is 1.37 bits per heavy atom. The number of hydrogen-bond donors (Lipinski definition) is 2. The molecule has 0 saturated carbocycles. The molecular formula is C17H13N3O5S5. The average molecular weight is 500 g/mol. The van der Waals surface area contributed by atoms with Crippen LogP contribution >= 0.6 is 46.2 Å². The Morgan fingerprint density at radius 3 is 2.83 bits per heavy atom. The zero-order valence-corrected chi connectivity index (χ0v) is 19.1. The lowest BCUT2D eigenvalue weighted by atomic mass is 10.0. The van der Waals surface area contributed by atoms with Gasteiger partial charge in [-0.1, -0.05) is 6.07 Å². The maximum Gasteiger partial charge on any atom is 0.352 e. The third-order valence-electron chi connectivity index (χ3n) is 4.37. The Morgan fingerprint density at radius 2 is 2.20 bits per heavy atom. The second kappa shape index (κ2) is 9.06. The van der Waals surface area contributed by atoms with Crippen LogP contribution in [0.25, 0.3) is 0 Å². The molecule has 13 heteroatoms. The van der Waals surface area contributed by atoms with Gasteiger partial charge in [0.25, 0.3) is 11.8 Å². The molecule has 4 rings (SSSR count). The fraction of sp³-hybridized carbons (Fsp3) is 0.235. The molecular weight excluding hydrogens is 487 g/mol. The number of β-lactam (4-membered cyclic amide) rings is 1. The third kappa shape index (κ3) is 3.99. The van der Waals surface area contributed by atoms with Crippen molar-refractivity contribution in [2.75, 3.05) is 11.5 Å². The van der Waals surface area contributed by atoms with Crippen molar-refractivity contribution in [3.63, 3.8) is 0 Å². The van der Waals surface area contributed by atoms with Crippen LogP contribution in [-0.2, 0) is 25.6 Å². The van der Waals surface area contributed by atoms with Gasteiger partial charge in [-0.25, -0.2) is 9.00 Å². The molecule has 2 N–H and O–H groups in total. The van der Waals surface area contributed by atoms with Crippen molar-refractivity contribution >= 4 is 80.1 Å². The first kappa shape index (κ1) is 21.3. The number of carboxylic acid groups (broad SMARTS) is 1. The largest absolute Gasteiger partial charge is 0.477 e. The molecule has 0 aliphatic carbocycles. The number of aliphatic carboxylic acids is 1. The molecule has 8 nitrogen and oxygen atoms in total. The second-order valence-electron chi connectivity index (χ2n) is 6.12. The van der Waals surface area contributed by atoms with Crippen LogP contribution in [0.5, 0.6) is 0 Å². The van der Waals surface area contributed by atoms with Crippen molar-refractivity contribution in [1.82, 2.24) is 15.2 Å². The van der Waals surface area contributed by atoms with E-state index in [1.165, 1.54) is 51.1 Å². The van der Waals surface area contributed by atoms with Gasteiger partial charge in [0.1, 0.15) is 33.2 Å². The predicted octanol–water partition coefficient (Wildman–Crippen LogP) is 1.47. The number of fused-ring (bicyclic) bond motifs is 1. The molecule has 0 aromatic carbocycles. The Labute approximate surface area is 190 Å². The van der Waals surface area contributed by atoms with Crippen LogP contribution in [0.2, 0.25) is 0 Å². The molecule has 4 heterocycles. The predicted molar refractivity (Wildman–Crippen MR) is 119 cm³/mol. The second-order valence-corrected chi connectivity index (χ2v) is 10.9. The molecule has 0 radical (unpaired) electrons. The zero-order chi connectivity index (χ0) is 21.3. The van der Waals surface area contributed by atoms with Gasteiger partial charge in [0, 0.05) is 11.5 Å². The van der Waals surface area contributed by atoms with Gasteiger partial charge >= 0.3 is 5.97 Å². The molecule has 30 heavy (non-hydrogen) atoms. The number of rotatable bonds is 7. The molecule has 2 amide bonds. The number of carbonyl (C=O) groups is 3. The molecule has 2 atom stereocenters. The summed E-state index contributed by atoms with van der Waals surface area (Å²) in [5, 5.41) is 13.6. The average Bonchev–Trinajstić information content (AvgIpc) is 3.44. The lowest BCUT2D eigenvalue weighted by molar-refractivity contribution is -0.150. The highest BCUT2D eigenvalue weighted by Crippen LogP contribution is 2.41. The Balaban J connectivity index is 1.49. The number of nitrogens with zero attached hydrogens (tertiary/aromatic N) is 2. The van der Waals surface area contributed by atoms with Crippen molar-refractivity contribution in [3.8, 4) is 0 Å². The molecule has 0 bridgehead atoms. The minimum atomic E-state index is -1.17. The first-order valence-electron chi connectivity index (χ1n) is 8.44. The van der Waals surface area contributed by atoms with E-state index in [1.807, 2.05) is 0 Å². The maximum atomic E-state index is 12.7. The highest BCUT2D eigenvalue weighted by atomic mass is 32.2. The van der Waals surface area contributed by atoms with E-state index in [1.54, 1.807) is 29.2 Å². The molecule has 156 valence electrons. The van der Waals surface area contributed by atoms with E-state index in [-0.39, 0.29) is 21.8 Å². The Hall–Kier alpha value is -1.93. The number of thiazole rings is 1. The molecule has 1 fully saturated rings. The molecule has 2 aliphatic rings. The first-order valence-corrected chi connectivity index (χ1v) is 13.0. The smallest absolute Gasteiger partial charge is 0.352 e. The van der Waals surface area contributed by atoms with Crippen LogP contribution in [0, 0.1) is 0 Å². The van der Waals surface area contributed by atoms with Gasteiger partial charge < -0.3 is 10.4 Å². The minimum absolute atomic E-state index is 0.00675. The lowest BCUT2D eigenvalue weighted by Crippen LogP contribution is -2.71. The number of carboxylic acids is 1. The molecule has 2 aromatic heterocycles. The zero-order valence-electron chi connectivity index (χ0n) is 15.0. The van der Waals surface area contributed by atoms with Crippen molar-refractivity contribution in [3.05, 3.63) is 45.4 Å². The van der Waals surface area contributed by atoms with Gasteiger partial charge in [0.05, 0.1) is 20.8 Å². The number of amides is 2. The quantitative estimate of drug-likeness (QED) is 0.255. The summed E-state index contributed by atoms with van der Waals surface area (Å²) in [6.07, 6.45) is 1.71. The standard InChI is InChI=1S/C17H13N3O5S5/c21-14(13(30-25)9-2-1-3-26-9)19-11-15(22)20-12(17(23)24)8(6-28-16(11)20)5-27-10-4-18-7-29-10/h1-4,7,11,16H,5-6H2,(H,19,21)(H,23,24)/t11?,16-/m1/s1. The summed E-state index contributed by atoms with van der Waals surface area (Å²) in [6, 6.07) is 2.52. The van der Waals surface area contributed by atoms with Crippen LogP contribution in [0.15, 0.2) is 44.7 Å². The summed E-state index contributed by atoms with van der Waals surface area (Å²) in [7, 11) is 0. The van der Waals surface area contributed by atoms with E-state index in [0.29, 0.717) is 22.0 Å². The van der Waals surface area contributed by atoms with Crippen molar-refractivity contribution < 1.29 is 23.7 Å². The lowest BCUT2D eigenvalue weighted by Gasteiger charge is -2.49. The van der Waals surface area contributed by atoms with Crippen LogP contribution in [0.1, 0.15) is 4.88 Å². The fourth-order valence-electron chi connectivity index (χ4n) is 3.03. The summed E-state index contributed by atoms with van der Waals surface area (Å²) in [5.74, 6) is -1.40. The minimum Gasteiger partial charge on any atom is -0.477 e. The van der Waals surface area contributed by atoms with E-state index in [0.717, 1.165) is 4.21 Å². The Kier molecular flexibility index (Phi) is 6.43. The highest BCUT2D eigenvalue weighted by molar-refractivity contribution is 8.02. The summed E-state index contributed by atoms with van der Waals surface area (Å²) < 4.78 is 12.4. The van der Waals surface area contributed by atoms with Gasteiger partial charge in [-0.2, -0.15) is 0 Å². The van der Waals surface area contributed by atoms with Crippen molar-refractivity contribution in [2.24, 2.45) is 0 Å². The van der Waals surface area contributed by atoms with Crippen molar-refractivity contribution in [1.29, 1.82) is 0 Å². The van der Waals surface area contributed by atoms with Gasteiger partial charge in [-0.3, -0.25) is 19.5 Å². The number of thiophene rings is 1. The van der Waals surface area contributed by atoms with Crippen LogP contribution < -0.4 is 5.32 Å². The van der Waals surface area contributed by atoms with E-state index in [9.17, 15) is 23.7 Å². The number of hydrogen-bond acceptors (Lipinski definition) is 9. The topological polar surface area (TPSA) is 117 Å². The summed E-state index contributed by atoms with van der Waals surface area (Å²) in [6.45, 7) is 0. The van der Waals surface area contributed by atoms with Gasteiger partial charge in [-0.05, 0) is 17.0 Å². The summed E-state index contributed by atoms with van der Waals surface area (Å²) in [5.41, 5.74) is 2.34. The van der Waals surface area contributed by atoms with E-state index in [4.69, 9.17) is 0 Å². The van der Waals surface area contributed by atoms with Gasteiger partial charge in [-0.15, -0.1) is 46.2 Å². The monoisotopic (exact) mass is 499 g/mol. The molecule has 2 aliphatic heterocycles. The first-order chi connectivity index (χ1) is 14.5. The summed E-state index contributed by atoms with van der Waals surface area (Å²) in [4.78, 5) is 42.9. The third-order valence-corrected chi connectivity index (χ3v) is 9.39. The van der Waals surface area contributed by atoms with E-state index >= 15 is 0 Å². The normalized spacial score (nSPS) is 20.4. The van der Waals surface area contributed by atoms with E-state index < -0.39 is 29.2 Å². The molecule has 1 unspecified atom stereocenters. The van der Waals surface area contributed by atoms with Crippen molar-refractivity contribution in [2.45, 2.75) is 15.6 Å². The Bertz CT molecular complexity index is 1080. The van der Waals surface area contributed by atoms with Gasteiger partial charge in [0.2, 0.25) is 0 Å².